The average Bonchev–Trinajstić information content (AvgIpc) is 2.79. The zero-order valence-corrected chi connectivity index (χ0v) is 9.77. The van der Waals surface area contributed by atoms with Gasteiger partial charge in [-0.05, 0) is 55.5 Å². The van der Waals surface area contributed by atoms with Crippen molar-refractivity contribution in [3.8, 4) is 0 Å². The second kappa shape index (κ2) is 4.39. The Hall–Kier alpha value is -0.930. The van der Waals surface area contributed by atoms with Gasteiger partial charge in [0, 0.05) is 5.92 Å². The van der Waals surface area contributed by atoms with Crippen LogP contribution < -0.4 is 5.32 Å². The molecule has 1 aromatic rings. The first-order valence-electron chi connectivity index (χ1n) is 6.40. The average molecular weight is 235 g/mol. The largest absolute Gasteiger partial charge is 0.392 e. The maximum Gasteiger partial charge on any atom is 0.123 e. The SMILES string of the molecule is O[C@@H]1CC[C@@H]2CNC[C@@H]2[C@H]1c1ccc(F)cc1. The molecule has 3 heteroatoms. The van der Waals surface area contributed by atoms with Crippen LogP contribution in [-0.2, 0) is 0 Å². The second-order valence-electron chi connectivity index (χ2n) is 5.30. The monoisotopic (exact) mass is 235 g/mol. The molecule has 2 nitrogen and oxygen atoms in total. The lowest BCUT2D eigenvalue weighted by Crippen LogP contribution is -2.35. The van der Waals surface area contributed by atoms with E-state index in [0.717, 1.165) is 31.5 Å². The molecular formula is C14H18FNO. The Labute approximate surface area is 101 Å². The number of nitrogens with one attached hydrogen (secondary N) is 1. The third-order valence-corrected chi connectivity index (χ3v) is 4.36. The number of hydrogen-bond acceptors (Lipinski definition) is 2. The van der Waals surface area contributed by atoms with Gasteiger partial charge in [-0.15, -0.1) is 0 Å². The predicted octanol–water partition coefficient (Wildman–Crippen LogP) is 1.90. The van der Waals surface area contributed by atoms with Crippen molar-refractivity contribution in [2.24, 2.45) is 11.8 Å². The lowest BCUT2D eigenvalue weighted by molar-refractivity contribution is 0.0593. The first-order valence-corrected chi connectivity index (χ1v) is 6.40. The molecule has 0 radical (unpaired) electrons. The Morgan fingerprint density at radius 1 is 1.12 bits per heavy atom. The zero-order chi connectivity index (χ0) is 11.8. The molecule has 92 valence electrons. The van der Waals surface area contributed by atoms with E-state index in [-0.39, 0.29) is 17.8 Å². The third kappa shape index (κ3) is 1.98. The fraction of sp³-hybridized carbons (Fsp3) is 0.571. The predicted molar refractivity (Wildman–Crippen MR) is 64.2 cm³/mol. The maximum absolute atomic E-state index is 12.9. The molecule has 2 fully saturated rings. The van der Waals surface area contributed by atoms with Gasteiger partial charge in [0.1, 0.15) is 5.82 Å². The van der Waals surface area contributed by atoms with Crippen LogP contribution in [0, 0.1) is 17.7 Å². The number of aliphatic hydroxyl groups excluding tert-OH is 1. The highest BCUT2D eigenvalue weighted by Gasteiger charge is 2.41. The summed E-state index contributed by atoms with van der Waals surface area (Å²) in [5.74, 6) is 1.14. The highest BCUT2D eigenvalue weighted by molar-refractivity contribution is 5.24. The maximum atomic E-state index is 12.9. The van der Waals surface area contributed by atoms with E-state index in [1.54, 1.807) is 0 Å². The summed E-state index contributed by atoms with van der Waals surface area (Å²) in [4.78, 5) is 0. The summed E-state index contributed by atoms with van der Waals surface area (Å²) in [5, 5.41) is 13.6. The van der Waals surface area contributed by atoms with Crippen molar-refractivity contribution >= 4 is 0 Å². The van der Waals surface area contributed by atoms with Crippen LogP contribution in [0.1, 0.15) is 24.3 Å². The van der Waals surface area contributed by atoms with Crippen LogP contribution >= 0.6 is 0 Å². The minimum atomic E-state index is -0.276. The van der Waals surface area contributed by atoms with Gasteiger partial charge in [0.15, 0.2) is 0 Å². The minimum absolute atomic E-state index is 0.171. The molecule has 17 heavy (non-hydrogen) atoms. The molecule has 2 N–H and O–H groups in total. The van der Waals surface area contributed by atoms with Crippen LogP contribution in [0.15, 0.2) is 24.3 Å². The van der Waals surface area contributed by atoms with Crippen LogP contribution in [0.4, 0.5) is 4.39 Å². The van der Waals surface area contributed by atoms with Crippen LogP contribution in [0.25, 0.3) is 0 Å². The Kier molecular flexibility index (Phi) is 2.89. The molecule has 1 aliphatic heterocycles. The molecule has 2 aliphatic rings. The molecule has 0 spiro atoms. The lowest BCUT2D eigenvalue weighted by Gasteiger charge is -2.37. The Bertz CT molecular complexity index is 392. The number of hydrogen-bond donors (Lipinski definition) is 2. The molecule has 0 bridgehead atoms. The molecule has 1 aromatic carbocycles. The molecule has 4 atom stereocenters. The normalized spacial score (nSPS) is 36.8. The number of benzene rings is 1. The van der Waals surface area contributed by atoms with E-state index in [2.05, 4.69) is 5.32 Å². The first-order chi connectivity index (χ1) is 8.25. The van der Waals surface area contributed by atoms with Gasteiger partial charge in [0.05, 0.1) is 6.10 Å². The van der Waals surface area contributed by atoms with Crippen LogP contribution in [0.2, 0.25) is 0 Å². The van der Waals surface area contributed by atoms with E-state index < -0.39 is 0 Å². The summed E-state index contributed by atoms with van der Waals surface area (Å²) in [7, 11) is 0. The summed E-state index contributed by atoms with van der Waals surface area (Å²) in [6, 6.07) is 6.63. The summed E-state index contributed by atoms with van der Waals surface area (Å²) in [6.45, 7) is 2.04. The highest BCUT2D eigenvalue weighted by atomic mass is 19.1. The van der Waals surface area contributed by atoms with Crippen molar-refractivity contribution in [2.45, 2.75) is 24.9 Å². The van der Waals surface area contributed by atoms with Crippen LogP contribution in [0.3, 0.4) is 0 Å². The fourth-order valence-electron chi connectivity index (χ4n) is 3.49. The second-order valence-corrected chi connectivity index (χ2v) is 5.30. The van der Waals surface area contributed by atoms with Crippen LogP contribution in [-0.4, -0.2) is 24.3 Å². The van der Waals surface area contributed by atoms with Crippen molar-refractivity contribution < 1.29 is 9.50 Å². The molecule has 3 rings (SSSR count). The van der Waals surface area contributed by atoms with Gasteiger partial charge in [-0.3, -0.25) is 0 Å². The molecule has 1 saturated heterocycles. The summed E-state index contributed by atoms with van der Waals surface area (Å²) in [5.41, 5.74) is 1.08. The Morgan fingerprint density at radius 2 is 1.88 bits per heavy atom. The van der Waals surface area contributed by atoms with E-state index in [9.17, 15) is 9.50 Å². The van der Waals surface area contributed by atoms with Crippen molar-refractivity contribution in [1.29, 1.82) is 0 Å². The molecule has 1 heterocycles. The van der Waals surface area contributed by atoms with Gasteiger partial charge >= 0.3 is 0 Å². The molecular weight excluding hydrogens is 217 g/mol. The van der Waals surface area contributed by atoms with Crippen molar-refractivity contribution in [3.05, 3.63) is 35.6 Å². The molecule has 1 aliphatic carbocycles. The number of rotatable bonds is 1. The van der Waals surface area contributed by atoms with Gasteiger partial charge in [-0.2, -0.15) is 0 Å². The van der Waals surface area contributed by atoms with Crippen molar-refractivity contribution in [1.82, 2.24) is 5.32 Å². The molecule has 0 amide bonds. The van der Waals surface area contributed by atoms with E-state index in [1.165, 1.54) is 12.1 Å². The third-order valence-electron chi connectivity index (χ3n) is 4.36. The smallest absolute Gasteiger partial charge is 0.123 e. The van der Waals surface area contributed by atoms with E-state index in [0.29, 0.717) is 11.8 Å². The Morgan fingerprint density at radius 3 is 2.65 bits per heavy atom. The number of aliphatic hydroxyl groups is 1. The summed E-state index contributed by atoms with van der Waals surface area (Å²) < 4.78 is 12.9. The quantitative estimate of drug-likeness (QED) is 0.779. The zero-order valence-electron chi connectivity index (χ0n) is 9.77. The van der Waals surface area contributed by atoms with E-state index >= 15 is 0 Å². The Balaban J connectivity index is 1.90. The van der Waals surface area contributed by atoms with Gasteiger partial charge < -0.3 is 10.4 Å². The highest BCUT2D eigenvalue weighted by Crippen LogP contribution is 2.43. The molecule has 0 unspecified atom stereocenters. The summed E-state index contributed by atoms with van der Waals surface area (Å²) in [6.07, 6.45) is 1.70. The lowest BCUT2D eigenvalue weighted by atomic mass is 9.69. The van der Waals surface area contributed by atoms with Crippen molar-refractivity contribution in [3.63, 3.8) is 0 Å². The summed E-state index contributed by atoms with van der Waals surface area (Å²) >= 11 is 0. The van der Waals surface area contributed by atoms with Crippen molar-refractivity contribution in [2.75, 3.05) is 13.1 Å². The van der Waals surface area contributed by atoms with E-state index in [1.807, 2.05) is 12.1 Å². The van der Waals surface area contributed by atoms with Gasteiger partial charge in [0.25, 0.3) is 0 Å². The van der Waals surface area contributed by atoms with Gasteiger partial charge in [0.2, 0.25) is 0 Å². The van der Waals surface area contributed by atoms with E-state index in [4.69, 9.17) is 0 Å². The fourth-order valence-corrected chi connectivity index (χ4v) is 3.49. The molecule has 1 saturated carbocycles. The topological polar surface area (TPSA) is 32.3 Å². The minimum Gasteiger partial charge on any atom is -0.392 e. The number of fused-ring (bicyclic) bond motifs is 1. The first kappa shape index (κ1) is 11.2. The van der Waals surface area contributed by atoms with Gasteiger partial charge in [-0.1, -0.05) is 12.1 Å². The van der Waals surface area contributed by atoms with Crippen LogP contribution in [0.5, 0.6) is 0 Å². The number of halogens is 1. The molecule has 0 aromatic heterocycles. The standard InChI is InChI=1S/C14H18FNO/c15-11-4-1-9(2-5-11)14-12-8-16-7-10(12)3-6-13(14)17/h1-2,4-5,10,12-14,16-17H,3,6-8H2/t10-,12+,13-,14-/m1/s1. The van der Waals surface area contributed by atoms with Gasteiger partial charge in [-0.25, -0.2) is 4.39 Å².